The van der Waals surface area contributed by atoms with Crippen molar-refractivity contribution in [2.24, 2.45) is 10.4 Å². The van der Waals surface area contributed by atoms with Crippen LogP contribution in [0, 0.1) is 11.2 Å². The van der Waals surface area contributed by atoms with Crippen molar-refractivity contribution < 1.29 is 13.9 Å². The standard InChI is InChI=1S/C19H28FN3O2.HI/c1-3-21-18(23-9-7-19(13-23)8-10-24-14-19)22-12-15(2)25-17-6-4-5-16(20)11-17;/h4-6,11,15H,3,7-10,12-14H2,1-2H3,(H,21,22);1H. The van der Waals surface area contributed by atoms with Crippen molar-refractivity contribution in [2.45, 2.75) is 32.8 Å². The lowest BCUT2D eigenvalue weighted by Gasteiger charge is -2.25. The number of hydrogen-bond acceptors (Lipinski definition) is 3. The zero-order valence-corrected chi connectivity index (χ0v) is 17.9. The monoisotopic (exact) mass is 477 g/mol. The van der Waals surface area contributed by atoms with Crippen molar-refractivity contribution in [3.05, 3.63) is 30.1 Å². The molecule has 1 N–H and O–H groups in total. The van der Waals surface area contributed by atoms with Gasteiger partial charge in [0.05, 0.1) is 13.2 Å². The van der Waals surface area contributed by atoms with E-state index >= 15 is 0 Å². The maximum absolute atomic E-state index is 13.2. The molecule has 0 aliphatic carbocycles. The van der Waals surface area contributed by atoms with Gasteiger partial charge in [-0.2, -0.15) is 0 Å². The zero-order valence-electron chi connectivity index (χ0n) is 15.5. The van der Waals surface area contributed by atoms with Gasteiger partial charge < -0.3 is 19.7 Å². The minimum Gasteiger partial charge on any atom is -0.489 e. The molecule has 0 aromatic heterocycles. The third-order valence-electron chi connectivity index (χ3n) is 4.89. The van der Waals surface area contributed by atoms with Crippen molar-refractivity contribution in [1.29, 1.82) is 0 Å². The summed E-state index contributed by atoms with van der Waals surface area (Å²) >= 11 is 0. The van der Waals surface area contributed by atoms with Crippen LogP contribution in [0.4, 0.5) is 4.39 Å². The van der Waals surface area contributed by atoms with E-state index in [0.717, 1.165) is 51.6 Å². The number of benzene rings is 1. The first kappa shape index (κ1) is 21.2. The van der Waals surface area contributed by atoms with Gasteiger partial charge in [-0.15, -0.1) is 24.0 Å². The summed E-state index contributed by atoms with van der Waals surface area (Å²) in [6.07, 6.45) is 2.18. The molecule has 2 saturated heterocycles. The van der Waals surface area contributed by atoms with E-state index in [1.807, 2.05) is 6.92 Å². The zero-order chi connectivity index (χ0) is 17.7. The number of halogens is 2. The van der Waals surface area contributed by atoms with Crippen molar-refractivity contribution in [3.63, 3.8) is 0 Å². The minimum atomic E-state index is -0.289. The Bertz CT molecular complexity index is 608. The highest BCUT2D eigenvalue weighted by molar-refractivity contribution is 14.0. The normalized spacial score (nSPS) is 23.8. The van der Waals surface area contributed by atoms with E-state index in [2.05, 4.69) is 17.1 Å². The van der Waals surface area contributed by atoms with Crippen LogP contribution < -0.4 is 10.1 Å². The topological polar surface area (TPSA) is 46.1 Å². The first-order valence-corrected chi connectivity index (χ1v) is 9.13. The van der Waals surface area contributed by atoms with Gasteiger partial charge in [0.15, 0.2) is 5.96 Å². The van der Waals surface area contributed by atoms with E-state index in [4.69, 9.17) is 14.5 Å². The molecule has 2 atom stereocenters. The molecule has 0 bridgehead atoms. The molecule has 3 rings (SSSR count). The Kier molecular flexibility index (Phi) is 7.94. The molecule has 0 amide bonds. The Morgan fingerprint density at radius 2 is 2.31 bits per heavy atom. The van der Waals surface area contributed by atoms with Crippen LogP contribution in [0.1, 0.15) is 26.7 Å². The van der Waals surface area contributed by atoms with Gasteiger partial charge in [0.25, 0.3) is 0 Å². The van der Waals surface area contributed by atoms with E-state index in [0.29, 0.717) is 17.7 Å². The number of rotatable bonds is 5. The molecule has 5 nitrogen and oxygen atoms in total. The Labute approximate surface area is 172 Å². The second-order valence-corrected chi connectivity index (χ2v) is 7.05. The lowest BCUT2D eigenvalue weighted by atomic mass is 9.87. The summed E-state index contributed by atoms with van der Waals surface area (Å²) in [7, 11) is 0. The summed E-state index contributed by atoms with van der Waals surface area (Å²) in [6.45, 7) is 9.13. The van der Waals surface area contributed by atoms with E-state index in [-0.39, 0.29) is 35.9 Å². The molecule has 1 spiro atoms. The SMILES string of the molecule is CCNC(=NCC(C)Oc1cccc(F)c1)N1CCC2(CCOC2)C1.I. The molecular weight excluding hydrogens is 448 g/mol. The highest BCUT2D eigenvalue weighted by Gasteiger charge is 2.42. The Morgan fingerprint density at radius 3 is 3.00 bits per heavy atom. The number of hydrogen-bond donors (Lipinski definition) is 1. The van der Waals surface area contributed by atoms with Gasteiger partial charge in [-0.25, -0.2) is 9.38 Å². The fraction of sp³-hybridized carbons (Fsp3) is 0.632. The molecule has 1 aromatic rings. The summed E-state index contributed by atoms with van der Waals surface area (Å²) in [5.41, 5.74) is 0.305. The predicted molar refractivity (Wildman–Crippen MR) is 112 cm³/mol. The Hall–Kier alpha value is -1.09. The van der Waals surface area contributed by atoms with Crippen LogP contribution in [0.25, 0.3) is 0 Å². The van der Waals surface area contributed by atoms with Crippen molar-refractivity contribution in [1.82, 2.24) is 10.2 Å². The molecular formula is C19H29FIN3O2. The Balaban J connectivity index is 0.00000243. The summed E-state index contributed by atoms with van der Waals surface area (Å²) < 4.78 is 24.6. The van der Waals surface area contributed by atoms with Crippen LogP contribution in [0.15, 0.2) is 29.3 Å². The van der Waals surface area contributed by atoms with E-state index in [1.165, 1.54) is 12.1 Å². The molecule has 26 heavy (non-hydrogen) atoms. The first-order valence-electron chi connectivity index (χ1n) is 9.13. The van der Waals surface area contributed by atoms with Crippen LogP contribution in [0.2, 0.25) is 0 Å². The van der Waals surface area contributed by atoms with Gasteiger partial charge in [0.2, 0.25) is 0 Å². The van der Waals surface area contributed by atoms with Gasteiger partial charge in [-0.1, -0.05) is 6.07 Å². The molecule has 2 fully saturated rings. The van der Waals surface area contributed by atoms with Gasteiger partial charge in [0.1, 0.15) is 17.7 Å². The number of nitrogens with zero attached hydrogens (tertiary/aromatic N) is 2. The van der Waals surface area contributed by atoms with Crippen molar-refractivity contribution in [2.75, 3.05) is 39.4 Å². The second-order valence-electron chi connectivity index (χ2n) is 7.05. The number of nitrogens with one attached hydrogen (secondary N) is 1. The predicted octanol–water partition coefficient (Wildman–Crippen LogP) is 3.29. The van der Waals surface area contributed by atoms with Crippen LogP contribution in [0.5, 0.6) is 5.75 Å². The molecule has 1 aromatic carbocycles. The maximum Gasteiger partial charge on any atom is 0.194 e. The Morgan fingerprint density at radius 1 is 1.46 bits per heavy atom. The smallest absolute Gasteiger partial charge is 0.194 e. The summed E-state index contributed by atoms with van der Waals surface area (Å²) in [5.74, 6) is 1.18. The third kappa shape index (κ3) is 5.45. The summed E-state index contributed by atoms with van der Waals surface area (Å²) in [6, 6.07) is 6.22. The van der Waals surface area contributed by atoms with E-state index in [1.54, 1.807) is 12.1 Å². The molecule has 2 aliphatic rings. The van der Waals surface area contributed by atoms with Crippen LogP contribution >= 0.6 is 24.0 Å². The van der Waals surface area contributed by atoms with Gasteiger partial charge >= 0.3 is 0 Å². The average molecular weight is 477 g/mol. The van der Waals surface area contributed by atoms with Crippen LogP contribution in [-0.2, 0) is 4.74 Å². The van der Waals surface area contributed by atoms with Crippen LogP contribution in [0.3, 0.4) is 0 Å². The van der Waals surface area contributed by atoms with Crippen molar-refractivity contribution >= 4 is 29.9 Å². The van der Waals surface area contributed by atoms with Gasteiger partial charge in [-0.3, -0.25) is 0 Å². The second kappa shape index (κ2) is 9.73. The maximum atomic E-state index is 13.2. The van der Waals surface area contributed by atoms with Crippen LogP contribution in [-0.4, -0.2) is 56.4 Å². The molecule has 7 heteroatoms. The number of likely N-dealkylation sites (tertiary alicyclic amines) is 1. The molecule has 0 radical (unpaired) electrons. The largest absolute Gasteiger partial charge is 0.489 e. The molecule has 0 saturated carbocycles. The lowest BCUT2D eigenvalue weighted by molar-refractivity contribution is 0.156. The number of aliphatic imine (C=N–C) groups is 1. The molecule has 2 aliphatic heterocycles. The lowest BCUT2D eigenvalue weighted by Crippen LogP contribution is -2.42. The molecule has 2 heterocycles. The average Bonchev–Trinajstić information content (AvgIpc) is 3.22. The quantitative estimate of drug-likeness (QED) is 0.402. The first-order chi connectivity index (χ1) is 12.1. The summed E-state index contributed by atoms with van der Waals surface area (Å²) in [4.78, 5) is 7.07. The fourth-order valence-electron chi connectivity index (χ4n) is 3.54. The summed E-state index contributed by atoms with van der Waals surface area (Å²) in [5, 5.41) is 3.38. The minimum absolute atomic E-state index is 0. The molecule has 2 unspecified atom stereocenters. The highest BCUT2D eigenvalue weighted by Crippen LogP contribution is 2.38. The van der Waals surface area contributed by atoms with E-state index < -0.39 is 0 Å². The van der Waals surface area contributed by atoms with E-state index in [9.17, 15) is 4.39 Å². The van der Waals surface area contributed by atoms with Gasteiger partial charge in [-0.05, 0) is 38.8 Å². The fourth-order valence-corrected chi connectivity index (χ4v) is 3.54. The number of ether oxygens (including phenoxy) is 2. The molecule has 146 valence electrons. The van der Waals surface area contributed by atoms with Crippen molar-refractivity contribution in [3.8, 4) is 5.75 Å². The highest BCUT2D eigenvalue weighted by atomic mass is 127. The number of guanidine groups is 1. The van der Waals surface area contributed by atoms with Gasteiger partial charge in [0, 0.05) is 37.7 Å². The third-order valence-corrected chi connectivity index (χ3v) is 4.89.